The minimum atomic E-state index is -0.371. The normalized spacial score (nSPS) is 16.8. The van der Waals surface area contributed by atoms with Crippen molar-refractivity contribution in [3.63, 3.8) is 0 Å². The van der Waals surface area contributed by atoms with Crippen molar-refractivity contribution >= 4 is 17.1 Å². The number of nitrogens with zero attached hydrogens (tertiary/aromatic N) is 1. The van der Waals surface area contributed by atoms with Gasteiger partial charge in [-0.25, -0.2) is 4.98 Å². The van der Waals surface area contributed by atoms with Gasteiger partial charge in [0.1, 0.15) is 5.69 Å². The van der Waals surface area contributed by atoms with Crippen LogP contribution in [0.25, 0.3) is 0 Å². The summed E-state index contributed by atoms with van der Waals surface area (Å²) in [7, 11) is 0. The first-order valence-corrected chi connectivity index (χ1v) is 6.41. The number of hydrogen-bond acceptors (Lipinski definition) is 5. The molecular formula is C11H15NO3S. The molecule has 0 aliphatic carbocycles. The summed E-state index contributed by atoms with van der Waals surface area (Å²) in [5.74, 6) is 0.121. The average Bonchev–Trinajstić information content (AvgIpc) is 2.94. The van der Waals surface area contributed by atoms with Crippen molar-refractivity contribution in [2.24, 2.45) is 0 Å². The van der Waals surface area contributed by atoms with Crippen LogP contribution in [0.15, 0.2) is 5.38 Å². The zero-order valence-corrected chi connectivity index (χ0v) is 10.1. The largest absolute Gasteiger partial charge is 0.345 e. The van der Waals surface area contributed by atoms with Crippen molar-refractivity contribution in [1.29, 1.82) is 0 Å². The van der Waals surface area contributed by atoms with Crippen LogP contribution in [0.3, 0.4) is 0 Å². The number of thiazole rings is 1. The monoisotopic (exact) mass is 241 g/mol. The lowest BCUT2D eigenvalue weighted by Gasteiger charge is -2.03. The fraction of sp³-hybridized carbons (Fsp3) is 0.636. The molecule has 0 aromatic carbocycles. The van der Waals surface area contributed by atoms with E-state index in [4.69, 9.17) is 9.47 Å². The summed E-state index contributed by atoms with van der Waals surface area (Å²) >= 11 is 1.37. The van der Waals surface area contributed by atoms with Gasteiger partial charge in [0.2, 0.25) is 6.29 Å². The van der Waals surface area contributed by atoms with Gasteiger partial charge in [-0.2, -0.15) is 0 Å². The van der Waals surface area contributed by atoms with Crippen LogP contribution < -0.4 is 0 Å². The van der Waals surface area contributed by atoms with E-state index in [1.54, 1.807) is 0 Å². The van der Waals surface area contributed by atoms with Gasteiger partial charge < -0.3 is 9.47 Å². The van der Waals surface area contributed by atoms with E-state index in [2.05, 4.69) is 11.9 Å². The molecule has 1 aromatic rings. The maximum absolute atomic E-state index is 11.7. The summed E-state index contributed by atoms with van der Waals surface area (Å²) in [5, 5.41) is 2.41. The number of carbonyl (C=O) groups excluding carboxylic acids is 1. The fourth-order valence-corrected chi connectivity index (χ4v) is 2.28. The predicted octanol–water partition coefficient (Wildman–Crippen LogP) is 2.56. The Morgan fingerprint density at radius 3 is 3.00 bits per heavy atom. The molecule has 0 saturated carbocycles. The van der Waals surface area contributed by atoms with Gasteiger partial charge in [0.25, 0.3) is 0 Å². The molecule has 0 amide bonds. The number of ketones is 1. The Morgan fingerprint density at radius 1 is 1.56 bits per heavy atom. The first kappa shape index (κ1) is 11.7. The summed E-state index contributed by atoms with van der Waals surface area (Å²) in [6.45, 7) is 3.27. The molecule has 1 fully saturated rings. The number of aromatic nitrogens is 1. The molecule has 2 rings (SSSR count). The second-order valence-electron chi connectivity index (χ2n) is 3.68. The van der Waals surface area contributed by atoms with Crippen molar-refractivity contribution in [2.45, 2.75) is 32.5 Å². The summed E-state index contributed by atoms with van der Waals surface area (Å²) < 4.78 is 10.6. The minimum Gasteiger partial charge on any atom is -0.345 e. The molecule has 2 heterocycles. The van der Waals surface area contributed by atoms with Crippen molar-refractivity contribution in [1.82, 2.24) is 4.98 Å². The summed E-state index contributed by atoms with van der Waals surface area (Å²) in [4.78, 5) is 16.0. The molecule has 4 nitrogen and oxygen atoms in total. The van der Waals surface area contributed by atoms with Gasteiger partial charge in [-0.3, -0.25) is 4.79 Å². The molecule has 1 aliphatic rings. The average molecular weight is 241 g/mol. The molecule has 0 atom stereocenters. The SMILES string of the molecule is CCCCC(=O)c1nc(C2OCCO2)cs1. The van der Waals surface area contributed by atoms with E-state index < -0.39 is 0 Å². The van der Waals surface area contributed by atoms with Crippen LogP contribution in [0.1, 0.15) is 48.0 Å². The molecule has 88 valence electrons. The highest BCUT2D eigenvalue weighted by atomic mass is 32.1. The molecule has 16 heavy (non-hydrogen) atoms. The van der Waals surface area contributed by atoms with Gasteiger partial charge in [-0.1, -0.05) is 13.3 Å². The maximum atomic E-state index is 11.7. The third kappa shape index (κ3) is 2.66. The van der Waals surface area contributed by atoms with E-state index in [1.165, 1.54) is 11.3 Å². The molecular weight excluding hydrogens is 226 g/mol. The third-order valence-electron chi connectivity index (χ3n) is 2.38. The molecule has 0 spiro atoms. The highest BCUT2D eigenvalue weighted by Gasteiger charge is 2.22. The van der Waals surface area contributed by atoms with Crippen molar-refractivity contribution in [3.05, 3.63) is 16.1 Å². The standard InChI is InChI=1S/C11H15NO3S/c1-2-3-4-9(13)10-12-8(7-16-10)11-14-5-6-15-11/h7,11H,2-6H2,1H3. The van der Waals surface area contributed by atoms with E-state index in [0.717, 1.165) is 18.5 Å². The van der Waals surface area contributed by atoms with E-state index in [9.17, 15) is 4.79 Å². The van der Waals surface area contributed by atoms with Crippen LogP contribution in [0.4, 0.5) is 0 Å². The molecule has 0 radical (unpaired) electrons. The zero-order chi connectivity index (χ0) is 11.4. The predicted molar refractivity (Wildman–Crippen MR) is 60.6 cm³/mol. The number of carbonyl (C=O) groups is 1. The first-order chi connectivity index (χ1) is 7.81. The van der Waals surface area contributed by atoms with Crippen LogP contribution >= 0.6 is 11.3 Å². The minimum absolute atomic E-state index is 0.121. The highest BCUT2D eigenvalue weighted by Crippen LogP contribution is 2.25. The number of ether oxygens (including phenoxy) is 2. The smallest absolute Gasteiger partial charge is 0.202 e. The molecule has 0 N–H and O–H groups in total. The van der Waals surface area contributed by atoms with E-state index >= 15 is 0 Å². The van der Waals surface area contributed by atoms with Gasteiger partial charge in [0.15, 0.2) is 10.8 Å². The summed E-state index contributed by atoms with van der Waals surface area (Å²) in [5.41, 5.74) is 0.724. The lowest BCUT2D eigenvalue weighted by molar-refractivity contribution is -0.0469. The van der Waals surface area contributed by atoms with Crippen LogP contribution in [0.2, 0.25) is 0 Å². The Balaban J connectivity index is 1.98. The van der Waals surface area contributed by atoms with Crippen molar-refractivity contribution in [3.8, 4) is 0 Å². The maximum Gasteiger partial charge on any atom is 0.202 e. The van der Waals surface area contributed by atoms with Gasteiger partial charge in [0.05, 0.1) is 13.2 Å². The summed E-state index contributed by atoms with van der Waals surface area (Å²) in [6.07, 6.45) is 2.16. The molecule has 1 saturated heterocycles. The number of Topliss-reactive ketones (excluding diaryl/α,β-unsaturated/α-hetero) is 1. The van der Waals surface area contributed by atoms with Crippen LogP contribution in [-0.2, 0) is 9.47 Å². The Kier molecular flexibility index (Phi) is 4.04. The zero-order valence-electron chi connectivity index (χ0n) is 9.27. The second kappa shape index (κ2) is 5.52. The lowest BCUT2D eigenvalue weighted by atomic mass is 10.2. The number of hydrogen-bond donors (Lipinski definition) is 0. The topological polar surface area (TPSA) is 48.4 Å². The van der Waals surface area contributed by atoms with E-state index in [1.807, 2.05) is 5.38 Å². The van der Waals surface area contributed by atoms with Crippen molar-refractivity contribution in [2.75, 3.05) is 13.2 Å². The van der Waals surface area contributed by atoms with Gasteiger partial charge in [-0.05, 0) is 6.42 Å². The van der Waals surface area contributed by atoms with Gasteiger partial charge in [0, 0.05) is 11.8 Å². The second-order valence-corrected chi connectivity index (χ2v) is 4.54. The Labute approximate surface area is 98.6 Å². The lowest BCUT2D eigenvalue weighted by Crippen LogP contribution is -2.02. The van der Waals surface area contributed by atoms with E-state index in [-0.39, 0.29) is 12.1 Å². The molecule has 5 heteroatoms. The molecule has 0 unspecified atom stereocenters. The number of unbranched alkanes of at least 4 members (excludes halogenated alkanes) is 1. The van der Waals surface area contributed by atoms with Crippen LogP contribution in [0.5, 0.6) is 0 Å². The quantitative estimate of drug-likeness (QED) is 0.743. The summed E-state index contributed by atoms with van der Waals surface area (Å²) in [6, 6.07) is 0. The van der Waals surface area contributed by atoms with Crippen molar-refractivity contribution < 1.29 is 14.3 Å². The Hall–Kier alpha value is -0.780. The first-order valence-electron chi connectivity index (χ1n) is 5.53. The fourth-order valence-electron chi connectivity index (χ4n) is 1.50. The van der Waals surface area contributed by atoms with E-state index in [0.29, 0.717) is 24.6 Å². The third-order valence-corrected chi connectivity index (χ3v) is 3.28. The highest BCUT2D eigenvalue weighted by molar-refractivity contribution is 7.11. The Bertz CT molecular complexity index is 358. The molecule has 1 aliphatic heterocycles. The van der Waals surface area contributed by atoms with Crippen LogP contribution in [0, 0.1) is 0 Å². The van der Waals surface area contributed by atoms with Gasteiger partial charge in [-0.15, -0.1) is 11.3 Å². The molecule has 1 aromatic heterocycles. The number of rotatable bonds is 5. The van der Waals surface area contributed by atoms with Gasteiger partial charge >= 0.3 is 0 Å². The van der Waals surface area contributed by atoms with Crippen LogP contribution in [-0.4, -0.2) is 24.0 Å². The molecule has 0 bridgehead atoms. The Morgan fingerprint density at radius 2 is 2.31 bits per heavy atom.